The molecular weight excluding hydrogens is 484 g/mol. The fourth-order valence-electron chi connectivity index (χ4n) is 4.23. The minimum Gasteiger partial charge on any atom is -0.480 e. The zero-order valence-corrected chi connectivity index (χ0v) is 21.7. The topological polar surface area (TPSA) is 135 Å². The third kappa shape index (κ3) is 6.61. The number of ether oxygens (including phenoxy) is 1. The Kier molecular flexibility index (Phi) is 9.70. The number of aliphatic carboxylic acids is 1. The first kappa shape index (κ1) is 28.0. The fourth-order valence-corrected chi connectivity index (χ4v) is 4.23. The second-order valence-electron chi connectivity index (χ2n) is 8.94. The molecule has 2 unspecified atom stereocenters. The average Bonchev–Trinajstić information content (AvgIpc) is 2.91. The van der Waals surface area contributed by atoms with Gasteiger partial charge in [-0.1, -0.05) is 61.0 Å². The van der Waals surface area contributed by atoms with Gasteiger partial charge in [0, 0.05) is 11.5 Å². The summed E-state index contributed by atoms with van der Waals surface area (Å²) in [5.74, 6) is -3.34. The predicted octanol–water partition coefficient (Wildman–Crippen LogP) is 4.08. The lowest BCUT2D eigenvalue weighted by atomic mass is 9.75. The summed E-state index contributed by atoms with van der Waals surface area (Å²) in [5.41, 5.74) is 9.21. The summed E-state index contributed by atoms with van der Waals surface area (Å²) in [6, 6.07) is 18.0. The van der Waals surface area contributed by atoms with Crippen LogP contribution in [-0.2, 0) is 19.1 Å². The number of hydrogen-bond acceptors (Lipinski definition) is 6. The molecule has 1 amide bonds. The highest BCUT2D eigenvalue weighted by Crippen LogP contribution is 2.41. The molecule has 0 bridgehead atoms. The number of nitrogens with two attached hydrogens (primary N) is 1. The van der Waals surface area contributed by atoms with Gasteiger partial charge in [-0.2, -0.15) is 0 Å². The molecule has 0 fully saturated rings. The van der Waals surface area contributed by atoms with Crippen LogP contribution in [0.3, 0.4) is 0 Å². The van der Waals surface area contributed by atoms with E-state index in [-0.39, 0.29) is 23.8 Å². The Labute approximate surface area is 222 Å². The molecule has 2 aromatic carbocycles. The van der Waals surface area contributed by atoms with E-state index in [0.717, 1.165) is 5.57 Å². The van der Waals surface area contributed by atoms with Gasteiger partial charge in [0.2, 0.25) is 6.41 Å². The zero-order valence-electron chi connectivity index (χ0n) is 21.7. The first-order valence-electron chi connectivity index (χ1n) is 12.3. The largest absolute Gasteiger partial charge is 0.480 e. The van der Waals surface area contributed by atoms with Gasteiger partial charge < -0.3 is 15.6 Å². The molecule has 2 aromatic rings. The Bertz CT molecular complexity index is 1280. The molecule has 3 N–H and O–H groups in total. The highest BCUT2D eigenvalue weighted by molar-refractivity contribution is 6.14. The number of amidine groups is 1. The molecule has 1 heterocycles. The van der Waals surface area contributed by atoms with Gasteiger partial charge in [-0.25, -0.2) is 4.99 Å². The molecule has 0 aliphatic carbocycles. The van der Waals surface area contributed by atoms with Gasteiger partial charge >= 0.3 is 11.9 Å². The van der Waals surface area contributed by atoms with E-state index in [9.17, 15) is 19.5 Å². The molecule has 0 aromatic heterocycles. The van der Waals surface area contributed by atoms with Gasteiger partial charge in [0.1, 0.15) is 24.1 Å². The van der Waals surface area contributed by atoms with Crippen molar-refractivity contribution in [2.45, 2.75) is 33.1 Å². The van der Waals surface area contributed by atoms with E-state index in [1.165, 1.54) is 4.90 Å². The minimum atomic E-state index is -1.18. The van der Waals surface area contributed by atoms with Crippen LogP contribution in [0.2, 0.25) is 0 Å². The van der Waals surface area contributed by atoms with Crippen molar-refractivity contribution >= 4 is 35.6 Å². The number of para-hydroxylation sites is 1. The van der Waals surface area contributed by atoms with Crippen molar-refractivity contribution in [2.75, 3.05) is 18.1 Å². The second-order valence-corrected chi connectivity index (χ2v) is 8.94. The van der Waals surface area contributed by atoms with Gasteiger partial charge in [0.05, 0.1) is 18.0 Å². The molecule has 38 heavy (non-hydrogen) atoms. The lowest BCUT2D eigenvalue weighted by Crippen LogP contribution is -2.41. The summed E-state index contributed by atoms with van der Waals surface area (Å²) in [6.07, 6.45) is 3.02. The highest BCUT2D eigenvalue weighted by atomic mass is 16.5. The van der Waals surface area contributed by atoms with Crippen molar-refractivity contribution in [2.24, 2.45) is 21.6 Å². The number of carboxylic acids is 1. The summed E-state index contributed by atoms with van der Waals surface area (Å²) in [7, 11) is 0. The number of esters is 1. The lowest BCUT2D eigenvalue weighted by molar-refractivity contribution is -0.146. The number of rotatable bonds is 11. The molecule has 0 saturated carbocycles. The summed E-state index contributed by atoms with van der Waals surface area (Å²) < 4.78 is 5.60. The van der Waals surface area contributed by atoms with Crippen LogP contribution >= 0.6 is 0 Å². The van der Waals surface area contributed by atoms with Crippen molar-refractivity contribution < 1.29 is 24.2 Å². The van der Waals surface area contributed by atoms with Crippen LogP contribution in [0.4, 0.5) is 5.69 Å². The summed E-state index contributed by atoms with van der Waals surface area (Å²) in [4.78, 5) is 47.6. The van der Waals surface area contributed by atoms with Crippen molar-refractivity contribution in [1.82, 2.24) is 0 Å². The fraction of sp³-hybridized carbons (Fsp3) is 0.276. The Hall–Kier alpha value is -4.53. The molecule has 9 nitrogen and oxygen atoms in total. The summed E-state index contributed by atoms with van der Waals surface area (Å²) in [5, 5.41) is 9.27. The van der Waals surface area contributed by atoms with Gasteiger partial charge in [-0.15, -0.1) is 0 Å². The Balaban J connectivity index is 2.42. The monoisotopic (exact) mass is 516 g/mol. The normalized spacial score (nSPS) is 17.3. The van der Waals surface area contributed by atoms with Crippen molar-refractivity contribution in [3.8, 4) is 0 Å². The number of aliphatic imine (C=N–C) groups is 2. The number of nitrogens with zero attached hydrogens (tertiary/aromatic N) is 3. The van der Waals surface area contributed by atoms with E-state index in [2.05, 4.69) is 4.99 Å². The zero-order chi connectivity index (χ0) is 27.7. The van der Waals surface area contributed by atoms with Crippen LogP contribution in [-0.4, -0.2) is 48.2 Å². The quantitative estimate of drug-likeness (QED) is 0.200. The van der Waals surface area contributed by atoms with Crippen molar-refractivity contribution in [3.05, 3.63) is 89.3 Å². The molecule has 3 rings (SSSR count). The smallest absolute Gasteiger partial charge is 0.325 e. The molecule has 1 aliphatic heterocycles. The maximum Gasteiger partial charge on any atom is 0.325 e. The predicted molar refractivity (Wildman–Crippen MR) is 147 cm³/mol. The van der Waals surface area contributed by atoms with Crippen molar-refractivity contribution in [3.63, 3.8) is 0 Å². The molecule has 9 heteroatoms. The maximum atomic E-state index is 13.6. The Morgan fingerprint density at radius 2 is 1.74 bits per heavy atom. The lowest BCUT2D eigenvalue weighted by Gasteiger charge is -2.35. The molecule has 0 spiro atoms. The van der Waals surface area contributed by atoms with Crippen LogP contribution in [0.25, 0.3) is 0 Å². The van der Waals surface area contributed by atoms with Crippen LogP contribution in [0.15, 0.2) is 93.7 Å². The first-order chi connectivity index (χ1) is 18.3. The SMILES string of the molecule is CCCOC(=O)C1C(C=C(C)C)=NC(N(C=O)c2ccccc2)=C(C(N)=NCC(=O)O)C1c1ccccc1. The van der Waals surface area contributed by atoms with E-state index in [1.807, 2.05) is 57.2 Å². The Morgan fingerprint density at radius 1 is 1.11 bits per heavy atom. The summed E-state index contributed by atoms with van der Waals surface area (Å²) >= 11 is 0. The number of allylic oxidation sites excluding steroid dienone is 2. The number of anilines is 1. The summed E-state index contributed by atoms with van der Waals surface area (Å²) in [6.45, 7) is 5.29. The van der Waals surface area contributed by atoms with Gasteiger partial charge in [-0.05, 0) is 44.0 Å². The number of carboxylic acid groups (broad SMARTS) is 1. The van der Waals surface area contributed by atoms with E-state index >= 15 is 0 Å². The number of carbonyl (C=O) groups is 3. The van der Waals surface area contributed by atoms with Gasteiger partial charge in [0.25, 0.3) is 0 Å². The molecule has 2 atom stereocenters. The van der Waals surface area contributed by atoms with Crippen LogP contribution in [0, 0.1) is 5.92 Å². The number of hydrogen-bond donors (Lipinski definition) is 2. The number of carbonyl (C=O) groups excluding carboxylic acids is 2. The first-order valence-corrected chi connectivity index (χ1v) is 12.3. The molecule has 0 radical (unpaired) electrons. The third-order valence-corrected chi connectivity index (χ3v) is 5.77. The van der Waals surface area contributed by atoms with Crippen LogP contribution in [0.5, 0.6) is 0 Å². The Morgan fingerprint density at radius 3 is 2.29 bits per heavy atom. The third-order valence-electron chi connectivity index (χ3n) is 5.77. The van der Waals surface area contributed by atoms with E-state index in [1.54, 1.807) is 30.3 Å². The molecular formula is C29H32N4O5. The number of amides is 1. The van der Waals surface area contributed by atoms with Crippen LogP contribution in [0.1, 0.15) is 38.7 Å². The van der Waals surface area contributed by atoms with Gasteiger partial charge in [0.15, 0.2) is 0 Å². The van der Waals surface area contributed by atoms with E-state index in [0.29, 0.717) is 29.8 Å². The number of benzene rings is 2. The standard InChI is InChI=1S/C29H32N4O5/c1-4-15-38-29(37)25-22(16-19(2)3)32-28(33(18-34)21-13-9-6-10-14-21)26(27(30)31-17-23(35)36)24(25)20-11-7-5-8-12-20/h5-14,16,18,24-25H,4,15,17H2,1-3H3,(H2,30,31)(H,35,36). The second kappa shape index (κ2) is 13.1. The molecule has 198 valence electrons. The maximum absolute atomic E-state index is 13.6. The molecule has 1 aliphatic rings. The average molecular weight is 517 g/mol. The van der Waals surface area contributed by atoms with Gasteiger partial charge in [-0.3, -0.25) is 24.3 Å². The van der Waals surface area contributed by atoms with Crippen LogP contribution < -0.4 is 10.6 Å². The van der Waals surface area contributed by atoms with Crippen molar-refractivity contribution in [1.29, 1.82) is 0 Å². The minimum absolute atomic E-state index is 0.132. The van der Waals surface area contributed by atoms with E-state index < -0.39 is 30.3 Å². The van der Waals surface area contributed by atoms with E-state index in [4.69, 9.17) is 15.5 Å². The molecule has 0 saturated heterocycles. The highest BCUT2D eigenvalue weighted by Gasteiger charge is 2.43.